The maximum atomic E-state index is 13.5. The molecule has 1 atom stereocenters. The van der Waals surface area contributed by atoms with E-state index in [-0.39, 0.29) is 23.5 Å². The molecule has 0 saturated heterocycles. The maximum Gasteiger partial charge on any atom is 0.262 e. The fraction of sp³-hybridized carbons (Fsp3) is 0.222. The lowest BCUT2D eigenvalue weighted by Gasteiger charge is -2.26. The minimum absolute atomic E-state index is 0.125. The number of hydrogen-bond acceptors (Lipinski definition) is 5. The van der Waals surface area contributed by atoms with Crippen LogP contribution in [0.3, 0.4) is 0 Å². The number of carbonyl (C=O) groups excluding carboxylic acids is 2. The molecule has 0 fully saturated rings. The third-order valence-corrected chi connectivity index (χ3v) is 6.93. The second-order valence-electron chi connectivity index (χ2n) is 9.42. The molecule has 6 rings (SSSR count). The summed E-state index contributed by atoms with van der Waals surface area (Å²) >= 11 is 0. The van der Waals surface area contributed by atoms with Crippen LogP contribution in [0.4, 0.5) is 4.39 Å². The van der Waals surface area contributed by atoms with E-state index >= 15 is 0 Å². The van der Waals surface area contributed by atoms with E-state index in [0.717, 1.165) is 22.3 Å². The Bertz CT molecular complexity index is 1660. The Hall–Kier alpha value is -4.40. The van der Waals surface area contributed by atoms with Crippen LogP contribution in [0, 0.1) is 25.6 Å². The van der Waals surface area contributed by atoms with Crippen LogP contribution in [0.2, 0.25) is 0 Å². The Morgan fingerprint density at radius 3 is 2.14 bits per heavy atom. The van der Waals surface area contributed by atoms with Gasteiger partial charge in [0.2, 0.25) is 0 Å². The van der Waals surface area contributed by atoms with Gasteiger partial charge in [-0.05, 0) is 61.7 Å². The van der Waals surface area contributed by atoms with Gasteiger partial charge in [0.1, 0.15) is 18.2 Å². The first kappa shape index (κ1) is 22.1. The second-order valence-corrected chi connectivity index (χ2v) is 9.42. The summed E-state index contributed by atoms with van der Waals surface area (Å²) in [6.45, 7) is 7.84. The number of fused-ring (bicyclic) bond motifs is 4. The van der Waals surface area contributed by atoms with Gasteiger partial charge in [-0.1, -0.05) is 26.0 Å². The number of hydrogen-bond donors (Lipinski definition) is 0. The number of imide groups is 1. The van der Waals surface area contributed by atoms with Crippen molar-refractivity contribution < 1.29 is 14.0 Å². The van der Waals surface area contributed by atoms with Gasteiger partial charge >= 0.3 is 0 Å². The van der Waals surface area contributed by atoms with Crippen LogP contribution in [0.25, 0.3) is 22.4 Å². The molecule has 0 saturated carbocycles. The molecule has 36 heavy (non-hydrogen) atoms. The predicted molar refractivity (Wildman–Crippen MR) is 132 cm³/mol. The highest BCUT2D eigenvalue weighted by atomic mass is 19.1. The molecule has 180 valence electrons. The van der Waals surface area contributed by atoms with Crippen molar-refractivity contribution in [2.45, 2.75) is 33.7 Å². The molecule has 0 radical (unpaired) electrons. The van der Waals surface area contributed by atoms with Gasteiger partial charge in [-0.2, -0.15) is 0 Å². The highest BCUT2D eigenvalue weighted by molar-refractivity contribution is 6.21. The van der Waals surface area contributed by atoms with E-state index < -0.39 is 6.04 Å². The first-order chi connectivity index (χ1) is 17.3. The first-order valence-corrected chi connectivity index (χ1v) is 11.7. The smallest absolute Gasteiger partial charge is 0.262 e. The Morgan fingerprint density at radius 1 is 0.889 bits per heavy atom. The average Bonchev–Trinajstić information content (AvgIpc) is 3.47. The van der Waals surface area contributed by atoms with E-state index in [1.165, 1.54) is 17.0 Å². The summed E-state index contributed by atoms with van der Waals surface area (Å²) < 4.78 is 17.1. The van der Waals surface area contributed by atoms with Crippen molar-refractivity contribution in [2.24, 2.45) is 5.92 Å². The van der Waals surface area contributed by atoms with E-state index in [0.29, 0.717) is 28.2 Å². The van der Waals surface area contributed by atoms with Crippen molar-refractivity contribution in [3.05, 3.63) is 88.9 Å². The van der Waals surface area contributed by atoms with Gasteiger partial charge in [0, 0.05) is 11.4 Å². The Balaban J connectivity index is 1.52. The average molecular weight is 483 g/mol. The zero-order valence-electron chi connectivity index (χ0n) is 20.2. The van der Waals surface area contributed by atoms with Gasteiger partial charge in [-0.15, -0.1) is 5.10 Å². The highest BCUT2D eigenvalue weighted by Crippen LogP contribution is 2.36. The first-order valence-electron chi connectivity index (χ1n) is 11.7. The topological polar surface area (TPSA) is 85.4 Å². The molecule has 8 nitrogen and oxygen atoms in total. The van der Waals surface area contributed by atoms with Crippen LogP contribution < -0.4 is 0 Å². The maximum absolute atomic E-state index is 13.5. The van der Waals surface area contributed by atoms with Crippen molar-refractivity contribution in [2.75, 3.05) is 0 Å². The summed E-state index contributed by atoms with van der Waals surface area (Å²) in [5.41, 5.74) is 4.74. The molecule has 0 bridgehead atoms. The normalized spacial score (nSPS) is 14.4. The number of aromatic nitrogens is 5. The van der Waals surface area contributed by atoms with Gasteiger partial charge in [0.05, 0.1) is 16.5 Å². The van der Waals surface area contributed by atoms with Gasteiger partial charge in [-0.25, -0.2) is 18.9 Å². The number of benzene rings is 2. The number of nitrogens with zero attached hydrogens (tertiary/aromatic N) is 6. The molecule has 0 spiro atoms. The lowest BCUT2D eigenvalue weighted by atomic mass is 10.0. The van der Waals surface area contributed by atoms with Gasteiger partial charge in [0.25, 0.3) is 11.8 Å². The Labute approximate surface area is 206 Å². The summed E-state index contributed by atoms with van der Waals surface area (Å²) in [7, 11) is 0. The zero-order chi connectivity index (χ0) is 25.3. The molecule has 0 unspecified atom stereocenters. The summed E-state index contributed by atoms with van der Waals surface area (Å²) in [4.78, 5) is 37.3. The molecule has 1 aliphatic rings. The van der Waals surface area contributed by atoms with E-state index in [9.17, 15) is 14.0 Å². The molecule has 2 amide bonds. The van der Waals surface area contributed by atoms with Crippen LogP contribution in [0.5, 0.6) is 0 Å². The van der Waals surface area contributed by atoms with Crippen LogP contribution >= 0.6 is 0 Å². The second kappa shape index (κ2) is 7.81. The minimum atomic E-state index is -0.645. The number of rotatable bonds is 4. The van der Waals surface area contributed by atoms with E-state index in [4.69, 9.17) is 4.98 Å². The predicted octanol–water partition coefficient (Wildman–Crippen LogP) is 4.82. The molecule has 2 aromatic carbocycles. The van der Waals surface area contributed by atoms with Crippen molar-refractivity contribution in [1.29, 1.82) is 0 Å². The van der Waals surface area contributed by atoms with Crippen molar-refractivity contribution in [3.63, 3.8) is 0 Å². The molecule has 5 aromatic rings. The summed E-state index contributed by atoms with van der Waals surface area (Å²) in [6.07, 6.45) is 1.58. The van der Waals surface area contributed by atoms with Crippen molar-refractivity contribution in [3.8, 4) is 5.69 Å². The molecule has 0 N–H and O–H groups in total. The van der Waals surface area contributed by atoms with Crippen molar-refractivity contribution in [1.82, 2.24) is 29.0 Å². The lowest BCUT2D eigenvalue weighted by Crippen LogP contribution is -2.37. The molecule has 1 aliphatic heterocycles. The van der Waals surface area contributed by atoms with Gasteiger partial charge < -0.3 is 0 Å². The number of halogens is 1. The number of carbonyl (C=O) groups is 2. The Kier molecular flexibility index (Phi) is 4.79. The van der Waals surface area contributed by atoms with E-state index in [1.54, 1.807) is 47.2 Å². The van der Waals surface area contributed by atoms with Crippen molar-refractivity contribution >= 4 is 28.5 Å². The summed E-state index contributed by atoms with van der Waals surface area (Å²) in [5, 5.41) is 5.47. The molecular formula is C27H23FN6O2. The van der Waals surface area contributed by atoms with Crippen LogP contribution in [-0.4, -0.2) is 40.9 Å². The number of aryl methyl sites for hydroxylation is 1. The van der Waals surface area contributed by atoms with E-state index in [1.807, 2.05) is 32.3 Å². The summed E-state index contributed by atoms with van der Waals surface area (Å²) in [5.74, 6) is -0.744. The molecular weight excluding hydrogens is 459 g/mol. The number of amides is 2. The minimum Gasteiger partial charge on any atom is -0.298 e. The summed E-state index contributed by atoms with van der Waals surface area (Å²) in [6, 6.07) is 12.4. The lowest BCUT2D eigenvalue weighted by molar-refractivity contribution is 0.0529. The third kappa shape index (κ3) is 3.02. The molecule has 4 heterocycles. The SMILES string of the molecule is Cc1c(C)n(-c2ccc(F)cc2)c2ncn3nc([C@@H](C(C)C)N4C(=O)c5ccccc5C4=O)nc3c12. The fourth-order valence-electron chi connectivity index (χ4n) is 5.08. The van der Waals surface area contributed by atoms with Gasteiger partial charge in [-0.3, -0.25) is 19.1 Å². The Morgan fingerprint density at radius 2 is 1.53 bits per heavy atom. The van der Waals surface area contributed by atoms with Crippen LogP contribution in [0.15, 0.2) is 54.9 Å². The highest BCUT2D eigenvalue weighted by Gasteiger charge is 2.43. The quantitative estimate of drug-likeness (QED) is 0.343. The standard InChI is InChI=1S/C27H23FN6O2/c1-14(2)22(34-26(35)19-7-5-6-8-20(19)27(34)36)23-30-25-21-15(3)16(4)33(18-11-9-17(28)10-12-18)24(21)29-13-32(25)31-23/h5-14,22H,1-4H3/t22-/m1/s1. The fourth-order valence-corrected chi connectivity index (χ4v) is 5.08. The molecule has 3 aromatic heterocycles. The van der Waals surface area contributed by atoms with Gasteiger partial charge in [0.15, 0.2) is 17.1 Å². The molecule has 0 aliphatic carbocycles. The molecule has 9 heteroatoms. The monoisotopic (exact) mass is 482 g/mol. The third-order valence-electron chi connectivity index (χ3n) is 6.93. The van der Waals surface area contributed by atoms with Crippen LogP contribution in [-0.2, 0) is 0 Å². The largest absolute Gasteiger partial charge is 0.298 e. The van der Waals surface area contributed by atoms with Crippen LogP contribution in [0.1, 0.15) is 57.7 Å². The van der Waals surface area contributed by atoms with E-state index in [2.05, 4.69) is 10.1 Å². The zero-order valence-corrected chi connectivity index (χ0v) is 20.2.